The fourth-order valence-corrected chi connectivity index (χ4v) is 1.89. The molecular formula is C11H21NO3. The van der Waals surface area contributed by atoms with Gasteiger partial charge in [-0.25, -0.2) is 0 Å². The molecule has 0 bridgehead atoms. The van der Waals surface area contributed by atoms with E-state index in [2.05, 4.69) is 17.0 Å². The maximum absolute atomic E-state index is 11.4. The predicted molar refractivity (Wildman–Crippen MR) is 57.4 cm³/mol. The van der Waals surface area contributed by atoms with Crippen LogP contribution in [0.15, 0.2) is 0 Å². The average Bonchev–Trinajstić information content (AvgIpc) is 2.09. The van der Waals surface area contributed by atoms with Crippen LogP contribution in [0.25, 0.3) is 0 Å². The second-order valence-electron chi connectivity index (χ2n) is 4.39. The molecule has 0 spiro atoms. The summed E-state index contributed by atoms with van der Waals surface area (Å²) >= 11 is 0. The third kappa shape index (κ3) is 3.18. The summed E-state index contributed by atoms with van der Waals surface area (Å²) in [6.45, 7) is 3.66. The molecule has 0 heterocycles. The number of aliphatic hydroxyl groups is 1. The van der Waals surface area contributed by atoms with Crippen LogP contribution in [-0.2, 0) is 9.53 Å². The molecule has 0 radical (unpaired) electrons. The molecule has 0 amide bonds. The maximum atomic E-state index is 11.4. The van der Waals surface area contributed by atoms with Crippen LogP contribution < -0.4 is 5.32 Å². The number of esters is 1. The van der Waals surface area contributed by atoms with Crippen molar-refractivity contribution in [2.45, 2.75) is 51.3 Å². The Hall–Kier alpha value is -0.610. The van der Waals surface area contributed by atoms with Crippen molar-refractivity contribution in [1.82, 2.24) is 5.32 Å². The van der Waals surface area contributed by atoms with Gasteiger partial charge in [0.05, 0.1) is 13.2 Å². The summed E-state index contributed by atoms with van der Waals surface area (Å²) in [6.07, 6.45) is 2.97. The number of carbonyl (C=O) groups excluding carboxylic acids is 1. The van der Waals surface area contributed by atoms with Crippen LogP contribution in [0.2, 0.25) is 0 Å². The van der Waals surface area contributed by atoms with E-state index in [1.54, 1.807) is 6.92 Å². The van der Waals surface area contributed by atoms with Gasteiger partial charge in [0.1, 0.15) is 6.04 Å². The number of methoxy groups -OCH3 is 1. The Morgan fingerprint density at radius 3 is 2.40 bits per heavy atom. The van der Waals surface area contributed by atoms with E-state index in [4.69, 9.17) is 0 Å². The van der Waals surface area contributed by atoms with Gasteiger partial charge in [-0.2, -0.15) is 0 Å². The number of carbonyl (C=O) groups is 1. The molecule has 4 heteroatoms. The largest absolute Gasteiger partial charge is 0.468 e. The van der Waals surface area contributed by atoms with Crippen LogP contribution in [-0.4, -0.2) is 36.4 Å². The van der Waals surface area contributed by atoms with Gasteiger partial charge >= 0.3 is 5.97 Å². The molecule has 0 aromatic carbocycles. The van der Waals surface area contributed by atoms with E-state index in [1.165, 1.54) is 26.4 Å². The van der Waals surface area contributed by atoms with Gasteiger partial charge in [-0.15, -0.1) is 0 Å². The average molecular weight is 215 g/mol. The molecule has 1 saturated carbocycles. The van der Waals surface area contributed by atoms with Crippen molar-refractivity contribution >= 4 is 5.97 Å². The van der Waals surface area contributed by atoms with E-state index in [9.17, 15) is 9.90 Å². The van der Waals surface area contributed by atoms with Crippen molar-refractivity contribution < 1.29 is 14.6 Å². The lowest BCUT2D eigenvalue weighted by Gasteiger charge is -2.34. The van der Waals surface area contributed by atoms with E-state index in [0.717, 1.165) is 0 Å². The normalized spacial score (nSPS) is 22.7. The smallest absolute Gasteiger partial charge is 0.325 e. The van der Waals surface area contributed by atoms with Crippen LogP contribution in [0.4, 0.5) is 0 Å². The minimum atomic E-state index is -0.722. The van der Waals surface area contributed by atoms with Crippen LogP contribution in [0, 0.1) is 5.92 Å². The van der Waals surface area contributed by atoms with Crippen molar-refractivity contribution in [2.75, 3.05) is 7.11 Å². The highest BCUT2D eigenvalue weighted by molar-refractivity contribution is 5.76. The number of hydrogen-bond donors (Lipinski definition) is 2. The Morgan fingerprint density at radius 2 is 2.07 bits per heavy atom. The molecule has 1 fully saturated rings. The second-order valence-corrected chi connectivity index (χ2v) is 4.39. The van der Waals surface area contributed by atoms with E-state index in [1.807, 2.05) is 0 Å². The molecule has 0 aromatic heterocycles. The van der Waals surface area contributed by atoms with Crippen LogP contribution in [0.1, 0.15) is 33.1 Å². The zero-order chi connectivity index (χ0) is 11.4. The lowest BCUT2D eigenvalue weighted by Crippen LogP contribution is -2.52. The summed E-state index contributed by atoms with van der Waals surface area (Å²) < 4.78 is 4.64. The van der Waals surface area contributed by atoms with Crippen LogP contribution in [0.3, 0.4) is 0 Å². The SMILES string of the molecule is COC(=O)[C@H](N[C@H](C)C1CCC1)[C@@H](C)O. The van der Waals surface area contributed by atoms with Gasteiger partial charge in [0.2, 0.25) is 0 Å². The topological polar surface area (TPSA) is 58.6 Å². The summed E-state index contributed by atoms with van der Waals surface area (Å²) in [6, 6.07) is -0.344. The highest BCUT2D eigenvalue weighted by Crippen LogP contribution is 2.29. The lowest BCUT2D eigenvalue weighted by atomic mass is 9.80. The van der Waals surface area contributed by atoms with Gasteiger partial charge in [0.25, 0.3) is 0 Å². The van der Waals surface area contributed by atoms with Crippen LogP contribution >= 0.6 is 0 Å². The van der Waals surface area contributed by atoms with Crippen molar-refractivity contribution in [3.8, 4) is 0 Å². The maximum Gasteiger partial charge on any atom is 0.325 e. The Kier molecular flexibility index (Phi) is 4.54. The number of aliphatic hydroxyl groups excluding tert-OH is 1. The molecule has 15 heavy (non-hydrogen) atoms. The molecular weight excluding hydrogens is 194 g/mol. The first-order valence-electron chi connectivity index (χ1n) is 5.58. The highest BCUT2D eigenvalue weighted by Gasteiger charge is 2.30. The molecule has 0 unspecified atom stereocenters. The standard InChI is InChI=1S/C11H21NO3/c1-7(9-5-4-6-9)12-10(8(2)13)11(14)15-3/h7-10,12-13H,4-6H2,1-3H3/t7-,8-,10-/m1/s1. The van der Waals surface area contributed by atoms with Gasteiger partial charge < -0.3 is 9.84 Å². The lowest BCUT2D eigenvalue weighted by molar-refractivity contribution is -0.146. The molecule has 2 N–H and O–H groups in total. The van der Waals surface area contributed by atoms with Gasteiger partial charge in [-0.3, -0.25) is 10.1 Å². The first-order chi connectivity index (χ1) is 7.06. The van der Waals surface area contributed by atoms with Gasteiger partial charge in [-0.05, 0) is 32.6 Å². The first kappa shape index (κ1) is 12.5. The predicted octanol–water partition coefficient (Wildman–Crippen LogP) is 0.687. The number of nitrogens with one attached hydrogen (secondary N) is 1. The minimum absolute atomic E-state index is 0.262. The summed E-state index contributed by atoms with van der Waals surface area (Å²) in [7, 11) is 1.34. The Balaban J connectivity index is 2.45. The highest BCUT2D eigenvalue weighted by atomic mass is 16.5. The molecule has 0 aliphatic heterocycles. The number of rotatable bonds is 5. The monoisotopic (exact) mass is 215 g/mol. The third-order valence-electron chi connectivity index (χ3n) is 3.24. The summed E-state index contributed by atoms with van der Waals surface area (Å²) in [5.41, 5.74) is 0. The summed E-state index contributed by atoms with van der Waals surface area (Å²) in [4.78, 5) is 11.4. The van der Waals surface area contributed by atoms with E-state index in [-0.39, 0.29) is 6.04 Å². The molecule has 88 valence electrons. The molecule has 0 aromatic rings. The Labute approximate surface area is 91.0 Å². The van der Waals surface area contributed by atoms with E-state index < -0.39 is 18.1 Å². The minimum Gasteiger partial charge on any atom is -0.468 e. The zero-order valence-electron chi connectivity index (χ0n) is 9.69. The second kappa shape index (κ2) is 5.47. The van der Waals surface area contributed by atoms with E-state index >= 15 is 0 Å². The molecule has 4 nitrogen and oxygen atoms in total. The number of ether oxygens (including phenoxy) is 1. The van der Waals surface area contributed by atoms with Crippen molar-refractivity contribution in [1.29, 1.82) is 0 Å². The molecule has 1 rings (SSSR count). The fourth-order valence-electron chi connectivity index (χ4n) is 1.89. The number of hydrogen-bond acceptors (Lipinski definition) is 4. The fraction of sp³-hybridized carbons (Fsp3) is 0.909. The molecule has 3 atom stereocenters. The quantitative estimate of drug-likeness (QED) is 0.662. The molecule has 1 aliphatic carbocycles. The van der Waals surface area contributed by atoms with E-state index in [0.29, 0.717) is 5.92 Å². The van der Waals surface area contributed by atoms with Crippen LogP contribution in [0.5, 0.6) is 0 Å². The summed E-state index contributed by atoms with van der Waals surface area (Å²) in [5, 5.41) is 12.6. The Bertz CT molecular complexity index is 214. The third-order valence-corrected chi connectivity index (χ3v) is 3.24. The van der Waals surface area contributed by atoms with Gasteiger partial charge in [0.15, 0.2) is 0 Å². The molecule has 1 aliphatic rings. The van der Waals surface area contributed by atoms with Crippen molar-refractivity contribution in [2.24, 2.45) is 5.92 Å². The van der Waals surface area contributed by atoms with Gasteiger partial charge in [0, 0.05) is 6.04 Å². The van der Waals surface area contributed by atoms with Crippen molar-refractivity contribution in [3.63, 3.8) is 0 Å². The van der Waals surface area contributed by atoms with Crippen molar-refractivity contribution in [3.05, 3.63) is 0 Å². The zero-order valence-corrected chi connectivity index (χ0v) is 9.69. The summed E-state index contributed by atoms with van der Waals surface area (Å²) in [5.74, 6) is 0.243. The Morgan fingerprint density at radius 1 is 1.47 bits per heavy atom. The first-order valence-corrected chi connectivity index (χ1v) is 5.58. The van der Waals surface area contributed by atoms with Gasteiger partial charge in [-0.1, -0.05) is 6.42 Å². The molecule has 0 saturated heterocycles.